The molecule has 1 aliphatic carbocycles. The molecular formula is C13H25NO. The molecule has 2 aliphatic rings. The van der Waals surface area contributed by atoms with E-state index >= 15 is 0 Å². The Labute approximate surface area is 93.8 Å². The van der Waals surface area contributed by atoms with Crippen molar-refractivity contribution in [3.63, 3.8) is 0 Å². The molecule has 0 aromatic rings. The van der Waals surface area contributed by atoms with Gasteiger partial charge in [-0.05, 0) is 31.7 Å². The van der Waals surface area contributed by atoms with Crippen LogP contribution < -0.4 is 5.32 Å². The molecule has 1 saturated carbocycles. The van der Waals surface area contributed by atoms with Crippen molar-refractivity contribution >= 4 is 0 Å². The number of rotatable bonds is 4. The van der Waals surface area contributed by atoms with Gasteiger partial charge >= 0.3 is 0 Å². The van der Waals surface area contributed by atoms with Gasteiger partial charge in [-0.2, -0.15) is 0 Å². The quantitative estimate of drug-likeness (QED) is 0.771. The monoisotopic (exact) mass is 211 g/mol. The van der Waals surface area contributed by atoms with Crippen LogP contribution in [0.4, 0.5) is 0 Å². The minimum Gasteiger partial charge on any atom is -0.376 e. The summed E-state index contributed by atoms with van der Waals surface area (Å²) in [5.74, 6) is 1.70. The molecule has 0 aromatic carbocycles. The van der Waals surface area contributed by atoms with Crippen LogP contribution in [0.25, 0.3) is 0 Å². The van der Waals surface area contributed by atoms with Gasteiger partial charge in [-0.15, -0.1) is 0 Å². The van der Waals surface area contributed by atoms with Gasteiger partial charge in [-0.1, -0.05) is 32.6 Å². The molecule has 3 atom stereocenters. The second-order valence-corrected chi connectivity index (χ2v) is 5.38. The first-order valence-corrected chi connectivity index (χ1v) is 6.60. The molecule has 3 unspecified atom stereocenters. The first-order chi connectivity index (χ1) is 7.31. The maximum absolute atomic E-state index is 5.87. The zero-order valence-electron chi connectivity index (χ0n) is 10.2. The van der Waals surface area contributed by atoms with E-state index < -0.39 is 0 Å². The minimum absolute atomic E-state index is 0.468. The van der Waals surface area contributed by atoms with Gasteiger partial charge in [0, 0.05) is 12.6 Å². The predicted octanol–water partition coefficient (Wildman–Crippen LogP) is 2.58. The van der Waals surface area contributed by atoms with Gasteiger partial charge in [0.1, 0.15) is 0 Å². The number of hydrogen-bond acceptors (Lipinski definition) is 2. The molecule has 88 valence electrons. The van der Waals surface area contributed by atoms with E-state index in [1.54, 1.807) is 0 Å². The number of ether oxygens (including phenoxy) is 1. The summed E-state index contributed by atoms with van der Waals surface area (Å²) in [4.78, 5) is 0. The molecular weight excluding hydrogens is 186 g/mol. The number of hydrogen-bond donors (Lipinski definition) is 1. The Bertz CT molecular complexity index is 189. The summed E-state index contributed by atoms with van der Waals surface area (Å²) in [6.07, 6.45) is 8.82. The summed E-state index contributed by atoms with van der Waals surface area (Å²) in [5, 5.41) is 3.48. The summed E-state index contributed by atoms with van der Waals surface area (Å²) >= 11 is 0. The standard InChI is InChI=1S/C13H25NO/c1-10-7-8-15-13(10)12(14-2)9-11-5-3-4-6-11/h10-14H,3-9H2,1-2H3. The molecule has 0 bridgehead atoms. The van der Waals surface area contributed by atoms with Gasteiger partial charge in [0.15, 0.2) is 0 Å². The Hall–Kier alpha value is -0.0800. The van der Waals surface area contributed by atoms with Crippen LogP contribution in [0.1, 0.15) is 45.4 Å². The molecule has 2 rings (SSSR count). The molecule has 2 heteroatoms. The predicted molar refractivity (Wildman–Crippen MR) is 62.9 cm³/mol. The molecule has 15 heavy (non-hydrogen) atoms. The van der Waals surface area contributed by atoms with Crippen LogP contribution >= 0.6 is 0 Å². The Morgan fingerprint density at radius 3 is 2.53 bits per heavy atom. The van der Waals surface area contributed by atoms with E-state index in [0.717, 1.165) is 18.4 Å². The third-order valence-electron chi connectivity index (χ3n) is 4.27. The lowest BCUT2D eigenvalue weighted by Crippen LogP contribution is -2.41. The summed E-state index contributed by atoms with van der Waals surface area (Å²) in [7, 11) is 2.09. The van der Waals surface area contributed by atoms with Crippen LogP contribution in [-0.2, 0) is 4.74 Å². The fraction of sp³-hybridized carbons (Fsp3) is 1.00. The average molecular weight is 211 g/mol. The lowest BCUT2D eigenvalue weighted by molar-refractivity contribution is 0.0555. The zero-order chi connectivity index (χ0) is 10.7. The molecule has 1 N–H and O–H groups in total. The zero-order valence-corrected chi connectivity index (χ0v) is 10.2. The van der Waals surface area contributed by atoms with E-state index in [0.29, 0.717) is 12.1 Å². The van der Waals surface area contributed by atoms with Crippen molar-refractivity contribution in [2.24, 2.45) is 11.8 Å². The summed E-state index contributed by atoms with van der Waals surface area (Å²) in [5.41, 5.74) is 0. The van der Waals surface area contributed by atoms with Crippen molar-refractivity contribution in [3.05, 3.63) is 0 Å². The largest absolute Gasteiger partial charge is 0.376 e. The van der Waals surface area contributed by atoms with Crippen molar-refractivity contribution < 1.29 is 4.74 Å². The van der Waals surface area contributed by atoms with Crippen molar-refractivity contribution in [3.8, 4) is 0 Å². The topological polar surface area (TPSA) is 21.3 Å². The van der Waals surface area contributed by atoms with E-state index in [1.165, 1.54) is 38.5 Å². The maximum Gasteiger partial charge on any atom is 0.0754 e. The summed E-state index contributed by atoms with van der Waals surface area (Å²) < 4.78 is 5.87. The Kier molecular flexibility index (Phi) is 4.04. The first kappa shape index (κ1) is 11.4. The SMILES string of the molecule is CNC(CC1CCCC1)C1OCCC1C. The van der Waals surface area contributed by atoms with E-state index in [9.17, 15) is 0 Å². The van der Waals surface area contributed by atoms with Crippen molar-refractivity contribution in [1.82, 2.24) is 5.32 Å². The van der Waals surface area contributed by atoms with Gasteiger partial charge in [-0.3, -0.25) is 0 Å². The van der Waals surface area contributed by atoms with Crippen molar-refractivity contribution in [2.75, 3.05) is 13.7 Å². The Morgan fingerprint density at radius 1 is 1.27 bits per heavy atom. The maximum atomic E-state index is 5.87. The van der Waals surface area contributed by atoms with Gasteiger partial charge in [0.05, 0.1) is 6.10 Å². The average Bonchev–Trinajstić information content (AvgIpc) is 2.85. The van der Waals surface area contributed by atoms with Crippen LogP contribution in [0.5, 0.6) is 0 Å². The number of likely N-dealkylation sites (N-methyl/N-ethyl adjacent to an activating group) is 1. The smallest absolute Gasteiger partial charge is 0.0754 e. The molecule has 1 aliphatic heterocycles. The van der Waals surface area contributed by atoms with Gasteiger partial charge in [-0.25, -0.2) is 0 Å². The van der Waals surface area contributed by atoms with Crippen LogP contribution in [0.2, 0.25) is 0 Å². The van der Waals surface area contributed by atoms with E-state index in [1.807, 2.05) is 0 Å². The molecule has 2 fully saturated rings. The highest BCUT2D eigenvalue weighted by Crippen LogP contribution is 2.32. The summed E-state index contributed by atoms with van der Waals surface area (Å²) in [6, 6.07) is 0.589. The lowest BCUT2D eigenvalue weighted by atomic mass is 9.90. The summed E-state index contributed by atoms with van der Waals surface area (Å²) in [6.45, 7) is 3.30. The lowest BCUT2D eigenvalue weighted by Gasteiger charge is -2.28. The molecule has 0 amide bonds. The third kappa shape index (κ3) is 2.73. The highest BCUT2D eigenvalue weighted by Gasteiger charge is 2.33. The number of nitrogens with one attached hydrogen (secondary N) is 1. The highest BCUT2D eigenvalue weighted by molar-refractivity contribution is 4.86. The Balaban J connectivity index is 1.85. The van der Waals surface area contributed by atoms with Gasteiger partial charge in [0.25, 0.3) is 0 Å². The minimum atomic E-state index is 0.468. The van der Waals surface area contributed by atoms with Crippen LogP contribution in [0.3, 0.4) is 0 Å². The molecule has 0 spiro atoms. The van der Waals surface area contributed by atoms with Crippen molar-refractivity contribution in [1.29, 1.82) is 0 Å². The second-order valence-electron chi connectivity index (χ2n) is 5.38. The fourth-order valence-corrected chi connectivity index (χ4v) is 3.25. The fourth-order valence-electron chi connectivity index (χ4n) is 3.25. The van der Waals surface area contributed by atoms with Crippen LogP contribution in [0.15, 0.2) is 0 Å². The molecule has 1 heterocycles. The normalized spacial score (nSPS) is 34.8. The Morgan fingerprint density at radius 2 is 2.00 bits per heavy atom. The third-order valence-corrected chi connectivity index (χ3v) is 4.27. The van der Waals surface area contributed by atoms with Crippen LogP contribution in [0, 0.1) is 11.8 Å². The first-order valence-electron chi connectivity index (χ1n) is 6.60. The van der Waals surface area contributed by atoms with Crippen molar-refractivity contribution in [2.45, 2.75) is 57.6 Å². The van der Waals surface area contributed by atoms with E-state index in [4.69, 9.17) is 4.74 Å². The van der Waals surface area contributed by atoms with Gasteiger partial charge < -0.3 is 10.1 Å². The molecule has 2 nitrogen and oxygen atoms in total. The molecule has 1 saturated heterocycles. The van der Waals surface area contributed by atoms with Gasteiger partial charge in [0.2, 0.25) is 0 Å². The molecule has 0 radical (unpaired) electrons. The highest BCUT2D eigenvalue weighted by atomic mass is 16.5. The van der Waals surface area contributed by atoms with E-state index in [-0.39, 0.29) is 0 Å². The molecule has 0 aromatic heterocycles. The van der Waals surface area contributed by atoms with Crippen LogP contribution in [-0.4, -0.2) is 25.8 Å². The second kappa shape index (κ2) is 5.31. The van der Waals surface area contributed by atoms with E-state index in [2.05, 4.69) is 19.3 Å².